The van der Waals surface area contributed by atoms with Crippen LogP contribution < -0.4 is 0 Å². The summed E-state index contributed by atoms with van der Waals surface area (Å²) in [5, 5.41) is 0. The lowest BCUT2D eigenvalue weighted by Gasteiger charge is -2.49. The molecule has 0 bridgehead atoms. The first-order valence-electron chi connectivity index (χ1n) is 8.04. The maximum Gasteiger partial charge on any atom is 0.394 e. The maximum absolute atomic E-state index is 13.4. The van der Waals surface area contributed by atoms with E-state index in [4.69, 9.17) is 0 Å². The molecule has 0 nitrogen and oxygen atoms in total. The van der Waals surface area contributed by atoms with E-state index in [2.05, 4.69) is 13.8 Å². The van der Waals surface area contributed by atoms with Crippen LogP contribution in [0.4, 0.5) is 13.2 Å². The third kappa shape index (κ3) is 4.13. The van der Waals surface area contributed by atoms with Crippen LogP contribution in [0.5, 0.6) is 0 Å². The van der Waals surface area contributed by atoms with Crippen LogP contribution in [-0.2, 0) is 0 Å². The molecule has 0 radical (unpaired) electrons. The van der Waals surface area contributed by atoms with Crippen LogP contribution in [0.15, 0.2) is 0 Å². The number of hydrogen-bond donors (Lipinski definition) is 0. The maximum atomic E-state index is 13.4. The number of unbranched alkanes of at least 4 members (excludes halogenated alkanes) is 4. The Morgan fingerprint density at radius 3 is 1.89 bits per heavy atom. The molecule has 0 heterocycles. The van der Waals surface area contributed by atoms with Gasteiger partial charge in [-0.1, -0.05) is 58.8 Å². The molecule has 1 aliphatic carbocycles. The van der Waals surface area contributed by atoms with Gasteiger partial charge in [-0.15, -0.1) is 0 Å². The predicted octanol–water partition coefficient (Wildman–Crippen LogP) is 6.50. The smallest absolute Gasteiger partial charge is 0.170 e. The summed E-state index contributed by atoms with van der Waals surface area (Å²) in [6.45, 7) is 4.20. The molecule has 1 rings (SSSR count). The first-order valence-corrected chi connectivity index (χ1v) is 8.04. The van der Waals surface area contributed by atoms with Crippen LogP contribution in [-0.4, -0.2) is 6.18 Å². The minimum Gasteiger partial charge on any atom is -0.170 e. The van der Waals surface area contributed by atoms with Crippen LogP contribution >= 0.6 is 0 Å². The van der Waals surface area contributed by atoms with Gasteiger partial charge >= 0.3 is 6.18 Å². The van der Waals surface area contributed by atoms with Crippen molar-refractivity contribution in [3.05, 3.63) is 0 Å². The Morgan fingerprint density at radius 2 is 1.47 bits per heavy atom. The van der Waals surface area contributed by atoms with E-state index in [0.29, 0.717) is 12.8 Å². The molecule has 114 valence electrons. The monoisotopic (exact) mass is 278 g/mol. The summed E-state index contributed by atoms with van der Waals surface area (Å²) in [5.41, 5.74) is -1.33. The van der Waals surface area contributed by atoms with Crippen LogP contribution in [0.2, 0.25) is 0 Å². The van der Waals surface area contributed by atoms with Gasteiger partial charge in [-0.05, 0) is 31.6 Å². The minimum absolute atomic E-state index is 0.127. The van der Waals surface area contributed by atoms with Gasteiger partial charge in [-0.25, -0.2) is 0 Å². The van der Waals surface area contributed by atoms with Gasteiger partial charge in [0.15, 0.2) is 0 Å². The zero-order valence-corrected chi connectivity index (χ0v) is 12.5. The molecule has 0 aromatic heterocycles. The van der Waals surface area contributed by atoms with Crippen molar-refractivity contribution in [2.45, 2.75) is 90.7 Å². The average Bonchev–Trinajstić information content (AvgIpc) is 2.27. The van der Waals surface area contributed by atoms with E-state index in [0.717, 1.165) is 57.8 Å². The summed E-state index contributed by atoms with van der Waals surface area (Å²) in [6.07, 6.45) is 5.36. The molecule has 0 N–H and O–H groups in total. The topological polar surface area (TPSA) is 0 Å². The molecule has 0 saturated heterocycles. The van der Waals surface area contributed by atoms with Gasteiger partial charge in [-0.2, -0.15) is 13.2 Å². The molecule has 0 aromatic rings. The molecule has 0 amide bonds. The van der Waals surface area contributed by atoms with Crippen molar-refractivity contribution in [3.63, 3.8) is 0 Å². The molecule has 3 heteroatoms. The summed E-state index contributed by atoms with van der Waals surface area (Å²) < 4.78 is 40.2. The zero-order chi connectivity index (χ0) is 14.4. The highest BCUT2D eigenvalue weighted by Gasteiger charge is 2.61. The lowest BCUT2D eigenvalue weighted by Crippen LogP contribution is -2.49. The average molecular weight is 278 g/mol. The lowest BCUT2D eigenvalue weighted by molar-refractivity contribution is -0.273. The van der Waals surface area contributed by atoms with E-state index in [1.807, 2.05) is 0 Å². The van der Waals surface area contributed by atoms with Gasteiger partial charge in [0.1, 0.15) is 0 Å². The first kappa shape index (κ1) is 16.8. The van der Waals surface area contributed by atoms with Gasteiger partial charge in [0.25, 0.3) is 0 Å². The highest BCUT2D eigenvalue weighted by atomic mass is 19.4. The zero-order valence-electron chi connectivity index (χ0n) is 12.5. The Morgan fingerprint density at radius 1 is 0.895 bits per heavy atom. The molecular weight excluding hydrogens is 249 g/mol. The second kappa shape index (κ2) is 7.54. The second-order valence-electron chi connectivity index (χ2n) is 6.20. The summed E-state index contributed by atoms with van der Waals surface area (Å²) in [5.74, 6) is -0.127. The Balaban J connectivity index is 2.60. The Kier molecular flexibility index (Phi) is 6.68. The fourth-order valence-electron chi connectivity index (χ4n) is 3.45. The number of rotatable bonds is 9. The Hall–Kier alpha value is -0.210. The Labute approximate surface area is 116 Å². The van der Waals surface area contributed by atoms with Crippen molar-refractivity contribution < 1.29 is 13.2 Å². The van der Waals surface area contributed by atoms with E-state index in [1.165, 1.54) is 0 Å². The third-order valence-electron chi connectivity index (χ3n) is 4.90. The first-order chi connectivity index (χ1) is 8.98. The largest absolute Gasteiger partial charge is 0.394 e. The van der Waals surface area contributed by atoms with Crippen molar-refractivity contribution in [3.8, 4) is 0 Å². The molecule has 0 aromatic carbocycles. The number of halogens is 3. The summed E-state index contributed by atoms with van der Waals surface area (Å²) in [6, 6.07) is 0. The quantitative estimate of drug-likeness (QED) is 0.422. The van der Waals surface area contributed by atoms with Gasteiger partial charge in [0, 0.05) is 0 Å². The predicted molar refractivity (Wildman–Crippen MR) is 74.1 cm³/mol. The molecule has 1 aliphatic rings. The van der Waals surface area contributed by atoms with Crippen molar-refractivity contribution >= 4 is 0 Å². The molecule has 1 fully saturated rings. The van der Waals surface area contributed by atoms with Gasteiger partial charge in [0.05, 0.1) is 5.41 Å². The lowest BCUT2D eigenvalue weighted by atomic mass is 9.58. The fraction of sp³-hybridized carbons (Fsp3) is 1.00. The van der Waals surface area contributed by atoms with Crippen molar-refractivity contribution in [1.29, 1.82) is 0 Å². The molecule has 0 spiro atoms. The molecule has 0 aliphatic heterocycles. The molecule has 1 unspecified atom stereocenters. The fourth-order valence-corrected chi connectivity index (χ4v) is 3.45. The van der Waals surface area contributed by atoms with Gasteiger partial charge in [0.2, 0.25) is 0 Å². The van der Waals surface area contributed by atoms with Crippen LogP contribution in [0.1, 0.15) is 84.5 Å². The number of alkyl halides is 3. The number of hydrogen-bond acceptors (Lipinski definition) is 0. The SMILES string of the molecule is CCCCCCC(CCCC)C1(C(F)(F)F)CCC1. The van der Waals surface area contributed by atoms with E-state index in [-0.39, 0.29) is 5.92 Å². The van der Waals surface area contributed by atoms with Crippen molar-refractivity contribution in [1.82, 2.24) is 0 Å². The summed E-state index contributed by atoms with van der Waals surface area (Å²) in [4.78, 5) is 0. The second-order valence-corrected chi connectivity index (χ2v) is 6.20. The van der Waals surface area contributed by atoms with E-state index in [9.17, 15) is 13.2 Å². The highest BCUT2D eigenvalue weighted by molar-refractivity contribution is 4.98. The van der Waals surface area contributed by atoms with Crippen molar-refractivity contribution in [2.75, 3.05) is 0 Å². The van der Waals surface area contributed by atoms with E-state index < -0.39 is 11.6 Å². The summed E-state index contributed by atoms with van der Waals surface area (Å²) in [7, 11) is 0. The molecule has 1 atom stereocenters. The van der Waals surface area contributed by atoms with Gasteiger partial charge < -0.3 is 0 Å². The van der Waals surface area contributed by atoms with E-state index in [1.54, 1.807) is 0 Å². The van der Waals surface area contributed by atoms with Crippen LogP contribution in [0.25, 0.3) is 0 Å². The van der Waals surface area contributed by atoms with Gasteiger partial charge in [-0.3, -0.25) is 0 Å². The van der Waals surface area contributed by atoms with Crippen LogP contribution in [0.3, 0.4) is 0 Å². The minimum atomic E-state index is -3.99. The normalized spacial score (nSPS) is 20.1. The molecule has 1 saturated carbocycles. The molecule has 19 heavy (non-hydrogen) atoms. The van der Waals surface area contributed by atoms with Crippen LogP contribution in [0, 0.1) is 11.3 Å². The molecular formula is C16H29F3. The standard InChI is InChI=1S/C16H29F3/c1-3-5-7-8-11-14(10-6-4-2)15(12-9-13-15)16(17,18)19/h14H,3-13H2,1-2H3. The highest BCUT2D eigenvalue weighted by Crippen LogP contribution is 2.60. The summed E-state index contributed by atoms with van der Waals surface area (Å²) >= 11 is 0. The van der Waals surface area contributed by atoms with Crippen molar-refractivity contribution in [2.24, 2.45) is 11.3 Å². The third-order valence-corrected chi connectivity index (χ3v) is 4.90. The van der Waals surface area contributed by atoms with E-state index >= 15 is 0 Å². The Bertz CT molecular complexity index is 241.